The van der Waals surface area contributed by atoms with E-state index in [1.807, 2.05) is 22.6 Å². The van der Waals surface area contributed by atoms with Gasteiger partial charge in [-0.05, 0) is 94.0 Å². The van der Waals surface area contributed by atoms with Crippen molar-refractivity contribution in [1.29, 1.82) is 0 Å². The number of fused-ring (bicyclic) bond motifs is 1. The molecule has 5 rings (SSSR count). The standard InChI is InChI=1S/C27H19ClINO8S/c1-34-17-5-3-15(4-6-17)26(32)38-24-19(29)7-14(8-22(24)35-2)9-23-25(31)30(27(33)39-23)12-16-10-20-21(11-18(16)28)37-13-36-20/h3-11H,12-13H2,1-2H3/b23-9-. The van der Waals surface area contributed by atoms with Gasteiger partial charge in [0.25, 0.3) is 11.1 Å². The molecule has 39 heavy (non-hydrogen) atoms. The number of benzene rings is 3. The molecule has 0 aromatic heterocycles. The summed E-state index contributed by atoms with van der Waals surface area (Å²) in [4.78, 5) is 39.9. The predicted octanol–water partition coefficient (Wildman–Crippen LogP) is 6.15. The second kappa shape index (κ2) is 11.4. The van der Waals surface area contributed by atoms with Crippen molar-refractivity contribution >= 4 is 69.1 Å². The van der Waals surface area contributed by atoms with E-state index in [-0.39, 0.29) is 24.0 Å². The summed E-state index contributed by atoms with van der Waals surface area (Å²) in [5.74, 6) is 1.15. The monoisotopic (exact) mass is 679 g/mol. The molecule has 0 radical (unpaired) electrons. The molecule has 2 heterocycles. The minimum absolute atomic E-state index is 0.0153. The van der Waals surface area contributed by atoms with Crippen molar-refractivity contribution in [1.82, 2.24) is 4.90 Å². The molecule has 1 saturated heterocycles. The second-order valence-corrected chi connectivity index (χ2v) is 10.8. The van der Waals surface area contributed by atoms with Crippen LogP contribution in [0.3, 0.4) is 0 Å². The van der Waals surface area contributed by atoms with E-state index in [0.717, 1.165) is 16.7 Å². The zero-order valence-corrected chi connectivity index (χ0v) is 24.2. The van der Waals surface area contributed by atoms with E-state index in [4.69, 9.17) is 35.3 Å². The van der Waals surface area contributed by atoms with Gasteiger partial charge in [-0.2, -0.15) is 0 Å². The van der Waals surface area contributed by atoms with Gasteiger partial charge in [-0.3, -0.25) is 14.5 Å². The van der Waals surface area contributed by atoms with Gasteiger partial charge in [-0.1, -0.05) is 11.6 Å². The van der Waals surface area contributed by atoms with E-state index in [9.17, 15) is 14.4 Å². The number of rotatable bonds is 7. The number of hydrogen-bond acceptors (Lipinski definition) is 9. The van der Waals surface area contributed by atoms with Crippen LogP contribution < -0.4 is 23.7 Å². The Hall–Kier alpha value is -3.42. The summed E-state index contributed by atoms with van der Waals surface area (Å²) in [6.45, 7) is 0.0692. The van der Waals surface area contributed by atoms with Crippen molar-refractivity contribution in [2.75, 3.05) is 21.0 Å². The van der Waals surface area contributed by atoms with Crippen LogP contribution in [0.5, 0.6) is 28.7 Å². The summed E-state index contributed by atoms with van der Waals surface area (Å²) >= 11 is 9.18. The SMILES string of the molecule is COc1ccc(C(=O)Oc2c(I)cc(/C=C3\SC(=O)N(Cc4cc5c(cc4Cl)OCO5)C3=O)cc2OC)cc1. The van der Waals surface area contributed by atoms with Gasteiger partial charge in [-0.25, -0.2) is 4.79 Å². The van der Waals surface area contributed by atoms with E-state index in [1.165, 1.54) is 14.2 Å². The number of carbonyl (C=O) groups is 3. The largest absolute Gasteiger partial charge is 0.497 e. The lowest BCUT2D eigenvalue weighted by molar-refractivity contribution is -0.123. The van der Waals surface area contributed by atoms with Crippen LogP contribution >= 0.6 is 46.0 Å². The highest BCUT2D eigenvalue weighted by molar-refractivity contribution is 14.1. The van der Waals surface area contributed by atoms with E-state index in [0.29, 0.717) is 48.3 Å². The normalized spacial score (nSPS) is 15.2. The van der Waals surface area contributed by atoms with Crippen LogP contribution in [0.4, 0.5) is 4.79 Å². The van der Waals surface area contributed by atoms with Crippen molar-refractivity contribution in [2.24, 2.45) is 0 Å². The van der Waals surface area contributed by atoms with E-state index >= 15 is 0 Å². The summed E-state index contributed by atoms with van der Waals surface area (Å²) in [5.41, 5.74) is 1.49. The summed E-state index contributed by atoms with van der Waals surface area (Å²) < 4.78 is 27.5. The average Bonchev–Trinajstić information content (AvgIpc) is 3.48. The van der Waals surface area contributed by atoms with E-state index in [1.54, 1.807) is 54.6 Å². The van der Waals surface area contributed by atoms with Gasteiger partial charge >= 0.3 is 5.97 Å². The maximum Gasteiger partial charge on any atom is 0.343 e. The lowest BCUT2D eigenvalue weighted by Gasteiger charge is -2.14. The van der Waals surface area contributed by atoms with Crippen LogP contribution in [0.15, 0.2) is 53.4 Å². The fraction of sp³-hybridized carbons (Fsp3) is 0.148. The Kier molecular flexibility index (Phi) is 7.91. The first-order chi connectivity index (χ1) is 18.8. The Labute approximate surface area is 246 Å². The first-order valence-electron chi connectivity index (χ1n) is 11.3. The predicted molar refractivity (Wildman–Crippen MR) is 153 cm³/mol. The third-order valence-electron chi connectivity index (χ3n) is 5.81. The molecule has 0 atom stereocenters. The van der Waals surface area contributed by atoms with Crippen molar-refractivity contribution in [3.8, 4) is 28.7 Å². The Morgan fingerprint density at radius 3 is 2.49 bits per heavy atom. The number of ether oxygens (including phenoxy) is 5. The third kappa shape index (κ3) is 5.65. The smallest absolute Gasteiger partial charge is 0.343 e. The molecule has 1 fully saturated rings. The molecule has 0 N–H and O–H groups in total. The van der Waals surface area contributed by atoms with Gasteiger partial charge in [0.1, 0.15) is 5.75 Å². The van der Waals surface area contributed by atoms with Crippen LogP contribution in [0.2, 0.25) is 5.02 Å². The van der Waals surface area contributed by atoms with Gasteiger partial charge in [0.15, 0.2) is 23.0 Å². The first-order valence-corrected chi connectivity index (χ1v) is 13.6. The topological polar surface area (TPSA) is 101 Å². The lowest BCUT2D eigenvalue weighted by Crippen LogP contribution is -2.27. The third-order valence-corrected chi connectivity index (χ3v) is 7.87. The number of esters is 1. The number of thioether (sulfide) groups is 1. The van der Waals surface area contributed by atoms with Gasteiger partial charge in [0.05, 0.1) is 34.8 Å². The molecule has 0 saturated carbocycles. The van der Waals surface area contributed by atoms with Crippen molar-refractivity contribution in [2.45, 2.75) is 6.54 Å². The molecule has 200 valence electrons. The number of carbonyl (C=O) groups excluding carboxylic acids is 3. The Morgan fingerprint density at radius 1 is 1.08 bits per heavy atom. The van der Waals surface area contributed by atoms with Crippen LogP contribution in [0.25, 0.3) is 6.08 Å². The van der Waals surface area contributed by atoms with Crippen LogP contribution in [-0.2, 0) is 11.3 Å². The van der Waals surface area contributed by atoms with Crippen LogP contribution in [-0.4, -0.2) is 43.0 Å². The van der Waals surface area contributed by atoms with E-state index in [2.05, 4.69) is 0 Å². The number of nitrogens with zero attached hydrogens (tertiary/aromatic N) is 1. The summed E-state index contributed by atoms with van der Waals surface area (Å²) in [6, 6.07) is 13.1. The molecule has 3 aromatic rings. The molecule has 0 spiro atoms. The highest BCUT2D eigenvalue weighted by Gasteiger charge is 2.36. The Balaban J connectivity index is 1.35. The molecule has 0 bridgehead atoms. The maximum atomic E-state index is 13.1. The highest BCUT2D eigenvalue weighted by Crippen LogP contribution is 2.40. The number of methoxy groups -OCH3 is 2. The fourth-order valence-corrected chi connectivity index (χ4v) is 5.63. The summed E-state index contributed by atoms with van der Waals surface area (Å²) in [5, 5.41) is -0.0620. The van der Waals surface area contributed by atoms with Crippen molar-refractivity contribution < 1.29 is 38.1 Å². The molecule has 2 aliphatic heterocycles. The van der Waals surface area contributed by atoms with Gasteiger partial charge in [0, 0.05) is 11.1 Å². The van der Waals surface area contributed by atoms with E-state index < -0.39 is 17.1 Å². The van der Waals surface area contributed by atoms with Crippen LogP contribution in [0.1, 0.15) is 21.5 Å². The highest BCUT2D eigenvalue weighted by atomic mass is 127. The molecule has 9 nitrogen and oxygen atoms in total. The second-order valence-electron chi connectivity index (χ2n) is 8.22. The zero-order valence-electron chi connectivity index (χ0n) is 20.5. The minimum atomic E-state index is -0.565. The quantitative estimate of drug-likeness (QED) is 0.126. The van der Waals surface area contributed by atoms with Crippen molar-refractivity contribution in [3.05, 3.63) is 78.7 Å². The molecule has 12 heteroatoms. The van der Waals surface area contributed by atoms with Gasteiger partial charge < -0.3 is 23.7 Å². The molecule has 3 aromatic carbocycles. The number of halogens is 2. The number of hydrogen-bond donors (Lipinski definition) is 0. The van der Waals surface area contributed by atoms with Gasteiger partial charge in [0.2, 0.25) is 6.79 Å². The maximum absolute atomic E-state index is 13.1. The molecular weight excluding hydrogens is 661 g/mol. The summed E-state index contributed by atoms with van der Waals surface area (Å²) in [6.07, 6.45) is 1.59. The molecule has 0 aliphatic carbocycles. The molecule has 2 aliphatic rings. The first kappa shape index (κ1) is 27.2. The molecule has 2 amide bonds. The average molecular weight is 680 g/mol. The Morgan fingerprint density at radius 2 is 1.79 bits per heavy atom. The fourth-order valence-electron chi connectivity index (χ4n) is 3.84. The van der Waals surface area contributed by atoms with Crippen LogP contribution in [0, 0.1) is 3.57 Å². The zero-order chi connectivity index (χ0) is 27.7. The molecular formula is C27H19ClINO8S. The molecule has 0 unspecified atom stereocenters. The minimum Gasteiger partial charge on any atom is -0.497 e. The van der Waals surface area contributed by atoms with Gasteiger partial charge in [-0.15, -0.1) is 0 Å². The number of amides is 2. The summed E-state index contributed by atoms with van der Waals surface area (Å²) in [7, 11) is 2.99. The van der Waals surface area contributed by atoms with Crippen molar-refractivity contribution in [3.63, 3.8) is 0 Å². The Bertz CT molecular complexity index is 1530. The number of imide groups is 1. The lowest BCUT2D eigenvalue weighted by atomic mass is 10.1.